The molecule has 0 aliphatic heterocycles. The second kappa shape index (κ2) is 6.73. The Hall–Kier alpha value is -1.10. The van der Waals surface area contributed by atoms with Crippen LogP contribution in [0.5, 0.6) is 0 Å². The first kappa shape index (κ1) is 15.0. The molecule has 0 spiro atoms. The smallest absolute Gasteiger partial charge is 0.306 e. The van der Waals surface area contributed by atoms with Gasteiger partial charge in [-0.2, -0.15) is 0 Å². The zero-order valence-corrected chi connectivity index (χ0v) is 11.0. The van der Waals surface area contributed by atoms with Crippen LogP contribution in [0.3, 0.4) is 0 Å². The van der Waals surface area contributed by atoms with Crippen LogP contribution in [0.15, 0.2) is 0 Å². The molecule has 5 nitrogen and oxygen atoms in total. The quantitative estimate of drug-likeness (QED) is 0.761. The third-order valence-electron chi connectivity index (χ3n) is 3.41. The fraction of sp³-hybridized carbons (Fsp3) is 0.846. The average Bonchev–Trinajstić information content (AvgIpc) is 2.28. The molecule has 2 atom stereocenters. The van der Waals surface area contributed by atoms with Gasteiger partial charge in [0.15, 0.2) is 0 Å². The van der Waals surface area contributed by atoms with Crippen LogP contribution in [0.4, 0.5) is 0 Å². The summed E-state index contributed by atoms with van der Waals surface area (Å²) in [6.45, 7) is 4.75. The Balaban J connectivity index is 2.50. The summed E-state index contributed by atoms with van der Waals surface area (Å²) < 4.78 is 5.63. The van der Waals surface area contributed by atoms with Gasteiger partial charge in [-0.3, -0.25) is 9.59 Å². The predicted octanol–water partition coefficient (Wildman–Crippen LogP) is 2.00. The van der Waals surface area contributed by atoms with Crippen molar-refractivity contribution in [3.63, 3.8) is 0 Å². The molecule has 0 bridgehead atoms. The molecule has 0 radical (unpaired) electrons. The van der Waals surface area contributed by atoms with Gasteiger partial charge in [0.25, 0.3) is 0 Å². The molecule has 18 heavy (non-hydrogen) atoms. The molecule has 104 valence electrons. The Morgan fingerprint density at radius 1 is 1.11 bits per heavy atom. The van der Waals surface area contributed by atoms with Crippen molar-refractivity contribution in [1.29, 1.82) is 0 Å². The van der Waals surface area contributed by atoms with Gasteiger partial charge >= 0.3 is 11.9 Å². The zero-order valence-electron chi connectivity index (χ0n) is 11.0. The van der Waals surface area contributed by atoms with Crippen LogP contribution < -0.4 is 0 Å². The van der Waals surface area contributed by atoms with E-state index >= 15 is 0 Å². The van der Waals surface area contributed by atoms with Gasteiger partial charge in [-0.1, -0.05) is 13.8 Å². The number of carboxylic acid groups (broad SMARTS) is 2. The number of rotatable bonds is 6. The molecule has 0 heterocycles. The Morgan fingerprint density at radius 3 is 2.00 bits per heavy atom. The molecule has 0 amide bonds. The Labute approximate surface area is 107 Å². The van der Waals surface area contributed by atoms with Crippen LogP contribution in [0.25, 0.3) is 0 Å². The lowest BCUT2D eigenvalue weighted by atomic mass is 9.79. The van der Waals surface area contributed by atoms with Gasteiger partial charge in [0, 0.05) is 6.61 Å². The van der Waals surface area contributed by atoms with E-state index in [0.717, 1.165) is 6.42 Å². The first-order chi connectivity index (χ1) is 8.40. The van der Waals surface area contributed by atoms with Crippen LogP contribution in [0, 0.1) is 17.8 Å². The van der Waals surface area contributed by atoms with Crippen LogP contribution in [0.1, 0.15) is 39.5 Å². The minimum atomic E-state index is -0.918. The van der Waals surface area contributed by atoms with Crippen LogP contribution >= 0.6 is 0 Å². The summed E-state index contributed by atoms with van der Waals surface area (Å²) in [7, 11) is 0. The molecule has 2 unspecified atom stereocenters. The average molecular weight is 258 g/mol. The molecule has 1 saturated carbocycles. The van der Waals surface area contributed by atoms with E-state index < -0.39 is 23.8 Å². The van der Waals surface area contributed by atoms with Gasteiger partial charge in [0.2, 0.25) is 0 Å². The van der Waals surface area contributed by atoms with E-state index in [-0.39, 0.29) is 12.5 Å². The van der Waals surface area contributed by atoms with Crippen LogP contribution in [0.2, 0.25) is 0 Å². The minimum absolute atomic E-state index is 0.217. The summed E-state index contributed by atoms with van der Waals surface area (Å²) in [5.74, 6) is -2.50. The third-order valence-corrected chi connectivity index (χ3v) is 3.41. The van der Waals surface area contributed by atoms with Crippen molar-refractivity contribution in [2.75, 3.05) is 6.61 Å². The van der Waals surface area contributed by atoms with E-state index in [0.29, 0.717) is 25.4 Å². The fourth-order valence-corrected chi connectivity index (χ4v) is 2.28. The van der Waals surface area contributed by atoms with Crippen molar-refractivity contribution < 1.29 is 24.5 Å². The maximum Gasteiger partial charge on any atom is 0.306 e. The molecular formula is C13H22O5. The largest absolute Gasteiger partial charge is 0.481 e. The fourth-order valence-electron chi connectivity index (χ4n) is 2.28. The molecule has 0 saturated heterocycles. The lowest BCUT2D eigenvalue weighted by molar-refractivity contribution is -0.152. The Morgan fingerprint density at radius 2 is 1.61 bits per heavy atom. The number of aliphatic carboxylic acids is 2. The van der Waals surface area contributed by atoms with Crippen molar-refractivity contribution >= 4 is 11.9 Å². The standard InChI is InChI=1S/C13H22O5/c1-8(2)3-4-18-11-6-9(12(14)15)5-10(7-11)13(16)17/h8-11H,3-7H2,1-2H3,(H,14,15)(H,16,17). The van der Waals surface area contributed by atoms with Gasteiger partial charge < -0.3 is 14.9 Å². The molecule has 0 aromatic carbocycles. The van der Waals surface area contributed by atoms with Crippen molar-refractivity contribution in [3.05, 3.63) is 0 Å². The van der Waals surface area contributed by atoms with Crippen molar-refractivity contribution in [2.24, 2.45) is 17.8 Å². The molecule has 5 heteroatoms. The second-order valence-corrected chi connectivity index (χ2v) is 5.45. The molecule has 1 aliphatic carbocycles. The minimum Gasteiger partial charge on any atom is -0.481 e. The number of ether oxygens (including phenoxy) is 1. The van der Waals surface area contributed by atoms with E-state index in [1.54, 1.807) is 0 Å². The molecule has 1 fully saturated rings. The van der Waals surface area contributed by atoms with Gasteiger partial charge in [-0.05, 0) is 31.6 Å². The highest BCUT2D eigenvalue weighted by molar-refractivity contribution is 5.74. The second-order valence-electron chi connectivity index (χ2n) is 5.45. The number of carbonyl (C=O) groups is 2. The maximum absolute atomic E-state index is 11.0. The maximum atomic E-state index is 11.0. The van der Waals surface area contributed by atoms with E-state index in [9.17, 15) is 9.59 Å². The molecule has 1 aliphatic rings. The molecule has 1 rings (SSSR count). The van der Waals surface area contributed by atoms with Crippen molar-refractivity contribution in [3.8, 4) is 0 Å². The number of carboxylic acids is 2. The predicted molar refractivity (Wildman–Crippen MR) is 65.3 cm³/mol. The molecule has 0 aromatic heterocycles. The van der Waals surface area contributed by atoms with Crippen LogP contribution in [-0.2, 0) is 14.3 Å². The molecule has 0 aromatic rings. The normalized spacial score (nSPS) is 28.3. The first-order valence-corrected chi connectivity index (χ1v) is 6.47. The highest BCUT2D eigenvalue weighted by Crippen LogP contribution is 2.31. The number of hydrogen-bond acceptors (Lipinski definition) is 3. The van der Waals surface area contributed by atoms with Crippen molar-refractivity contribution in [1.82, 2.24) is 0 Å². The van der Waals surface area contributed by atoms with E-state index in [4.69, 9.17) is 14.9 Å². The summed E-state index contributed by atoms with van der Waals surface area (Å²) in [5.41, 5.74) is 0. The first-order valence-electron chi connectivity index (χ1n) is 6.47. The van der Waals surface area contributed by atoms with Crippen LogP contribution in [-0.4, -0.2) is 34.9 Å². The van der Waals surface area contributed by atoms with Gasteiger partial charge in [-0.25, -0.2) is 0 Å². The van der Waals surface area contributed by atoms with Crippen molar-refractivity contribution in [2.45, 2.75) is 45.6 Å². The summed E-state index contributed by atoms with van der Waals surface area (Å²) >= 11 is 0. The van der Waals surface area contributed by atoms with Gasteiger partial charge in [-0.15, -0.1) is 0 Å². The highest BCUT2D eigenvalue weighted by atomic mass is 16.5. The summed E-state index contributed by atoms with van der Waals surface area (Å²) in [6.07, 6.45) is 1.74. The van der Waals surface area contributed by atoms with Gasteiger partial charge in [0.1, 0.15) is 0 Å². The Bertz CT molecular complexity index is 278. The monoisotopic (exact) mass is 258 g/mol. The topological polar surface area (TPSA) is 83.8 Å². The van der Waals surface area contributed by atoms with Gasteiger partial charge in [0.05, 0.1) is 17.9 Å². The Kier molecular flexibility index (Phi) is 5.59. The SMILES string of the molecule is CC(C)CCOC1CC(C(=O)O)CC(C(=O)O)C1. The van der Waals surface area contributed by atoms with E-state index in [1.165, 1.54) is 0 Å². The summed E-state index contributed by atoms with van der Waals surface area (Å²) in [4.78, 5) is 22.0. The number of hydrogen-bond donors (Lipinski definition) is 2. The summed E-state index contributed by atoms with van der Waals surface area (Å²) in [5, 5.41) is 18.0. The lowest BCUT2D eigenvalue weighted by Crippen LogP contribution is -2.36. The van der Waals surface area contributed by atoms with E-state index in [2.05, 4.69) is 13.8 Å². The molecule has 2 N–H and O–H groups in total. The highest BCUT2D eigenvalue weighted by Gasteiger charge is 2.36. The zero-order chi connectivity index (χ0) is 13.7. The molecular weight excluding hydrogens is 236 g/mol. The summed E-state index contributed by atoms with van der Waals surface area (Å²) in [6, 6.07) is 0. The van der Waals surface area contributed by atoms with E-state index in [1.807, 2.05) is 0 Å². The third kappa shape index (κ3) is 4.64. The lowest BCUT2D eigenvalue weighted by Gasteiger charge is -2.31.